The number of amides is 2. The van der Waals surface area contributed by atoms with Gasteiger partial charge < -0.3 is 15.7 Å². The summed E-state index contributed by atoms with van der Waals surface area (Å²) in [5, 5.41) is 11.8. The molecule has 14 heteroatoms. The highest BCUT2D eigenvalue weighted by molar-refractivity contribution is 7.11. The molecule has 1 heterocycles. The standard InChI is InChI=1S/C14H9Cl2F6N3O2S/c15-7-1-5(10(26)13(17,18)19)2-8(16)9(7)25-12(27)24-4-6-3-23-11(28-6)14(20,21)22/h1-3,10,26H,4H2,(H2,24,25,27)/t10-/m1/s1. The molecule has 1 aromatic carbocycles. The van der Waals surface area contributed by atoms with Crippen molar-refractivity contribution in [3.05, 3.63) is 43.8 Å². The lowest BCUT2D eigenvalue weighted by atomic mass is 10.1. The van der Waals surface area contributed by atoms with E-state index >= 15 is 0 Å². The zero-order valence-corrected chi connectivity index (χ0v) is 15.6. The quantitative estimate of drug-likeness (QED) is 0.528. The van der Waals surface area contributed by atoms with Gasteiger partial charge in [-0.1, -0.05) is 23.2 Å². The molecule has 0 aliphatic carbocycles. The third kappa shape index (κ3) is 5.63. The van der Waals surface area contributed by atoms with E-state index in [0.29, 0.717) is 11.3 Å². The molecule has 0 aliphatic heterocycles. The van der Waals surface area contributed by atoms with Crippen LogP contribution in [0.3, 0.4) is 0 Å². The first-order chi connectivity index (χ1) is 12.8. The van der Waals surface area contributed by atoms with Crippen LogP contribution in [0.15, 0.2) is 18.3 Å². The number of benzene rings is 1. The number of alkyl halides is 6. The highest BCUT2D eigenvalue weighted by atomic mass is 35.5. The molecule has 2 amide bonds. The third-order valence-corrected chi connectivity index (χ3v) is 4.79. The van der Waals surface area contributed by atoms with Crippen LogP contribution in [0.1, 0.15) is 21.6 Å². The summed E-state index contributed by atoms with van der Waals surface area (Å²) in [7, 11) is 0. The Kier molecular flexibility index (Phi) is 6.69. The van der Waals surface area contributed by atoms with E-state index in [4.69, 9.17) is 23.2 Å². The highest BCUT2D eigenvalue weighted by Gasteiger charge is 2.40. The summed E-state index contributed by atoms with van der Waals surface area (Å²) in [6.07, 6.45) is -11.4. The number of halogens is 8. The molecule has 3 N–H and O–H groups in total. The molecule has 0 saturated carbocycles. The van der Waals surface area contributed by atoms with Gasteiger partial charge in [-0.2, -0.15) is 26.3 Å². The number of carbonyl (C=O) groups excluding carboxylic acids is 1. The van der Waals surface area contributed by atoms with Crippen molar-refractivity contribution in [3.8, 4) is 0 Å². The smallest absolute Gasteiger partial charge is 0.379 e. The molecule has 1 atom stereocenters. The predicted molar refractivity (Wildman–Crippen MR) is 90.5 cm³/mol. The lowest BCUT2D eigenvalue weighted by molar-refractivity contribution is -0.206. The number of aliphatic hydroxyl groups is 1. The van der Waals surface area contributed by atoms with Gasteiger partial charge in [0.15, 0.2) is 11.1 Å². The summed E-state index contributed by atoms with van der Waals surface area (Å²) in [6, 6.07) is 0.634. The van der Waals surface area contributed by atoms with Gasteiger partial charge in [-0.3, -0.25) is 0 Å². The van der Waals surface area contributed by atoms with Crippen LogP contribution in [-0.4, -0.2) is 22.3 Å². The van der Waals surface area contributed by atoms with Crippen LogP contribution in [0.2, 0.25) is 10.0 Å². The largest absolute Gasteiger partial charge is 0.443 e. The van der Waals surface area contributed by atoms with Crippen molar-refractivity contribution in [1.29, 1.82) is 0 Å². The van der Waals surface area contributed by atoms with Crippen LogP contribution in [0.5, 0.6) is 0 Å². The number of anilines is 1. The van der Waals surface area contributed by atoms with Crippen LogP contribution in [-0.2, 0) is 12.7 Å². The van der Waals surface area contributed by atoms with Gasteiger partial charge in [0.25, 0.3) is 0 Å². The fourth-order valence-corrected chi connectivity index (χ4v) is 3.22. The topological polar surface area (TPSA) is 74.2 Å². The van der Waals surface area contributed by atoms with Crippen LogP contribution in [0.25, 0.3) is 0 Å². The number of thiazole rings is 1. The minimum Gasteiger partial charge on any atom is -0.379 e. The molecule has 0 aliphatic rings. The molecular formula is C14H9Cl2F6N3O2S. The lowest BCUT2D eigenvalue weighted by Crippen LogP contribution is -2.28. The molecule has 28 heavy (non-hydrogen) atoms. The number of nitrogens with one attached hydrogen (secondary N) is 2. The third-order valence-electron chi connectivity index (χ3n) is 3.15. The van der Waals surface area contributed by atoms with Gasteiger partial charge in [0.1, 0.15) is 0 Å². The number of aromatic nitrogens is 1. The van der Waals surface area contributed by atoms with Crippen LogP contribution in [0, 0.1) is 0 Å². The van der Waals surface area contributed by atoms with Crippen molar-refractivity contribution in [2.45, 2.75) is 25.0 Å². The fourth-order valence-electron chi connectivity index (χ4n) is 1.90. The Hall–Kier alpha value is -1.76. The Morgan fingerprint density at radius 3 is 2.21 bits per heavy atom. The summed E-state index contributed by atoms with van der Waals surface area (Å²) in [6.45, 7) is -0.292. The van der Waals surface area contributed by atoms with Crippen molar-refractivity contribution in [1.82, 2.24) is 10.3 Å². The molecule has 0 bridgehead atoms. The van der Waals surface area contributed by atoms with Gasteiger partial charge >= 0.3 is 18.4 Å². The first-order valence-corrected chi connectivity index (χ1v) is 8.66. The number of rotatable bonds is 4. The molecular weight excluding hydrogens is 459 g/mol. The SMILES string of the molecule is O=C(NCc1cnc(C(F)(F)F)s1)Nc1c(Cl)cc([C@@H](O)C(F)(F)F)cc1Cl. The van der Waals surface area contributed by atoms with E-state index in [2.05, 4.69) is 15.6 Å². The maximum atomic E-state index is 12.6. The average molecular weight is 468 g/mol. The summed E-state index contributed by atoms with van der Waals surface area (Å²) in [5.41, 5.74) is -0.864. The van der Waals surface area contributed by atoms with Crippen molar-refractivity contribution in [2.75, 3.05) is 5.32 Å². The zero-order valence-electron chi connectivity index (χ0n) is 13.3. The summed E-state index contributed by atoms with van der Waals surface area (Å²) in [4.78, 5) is 15.2. The molecule has 1 aromatic heterocycles. The molecule has 0 unspecified atom stereocenters. The van der Waals surface area contributed by atoms with Crippen molar-refractivity contribution in [3.63, 3.8) is 0 Å². The number of hydrogen-bond acceptors (Lipinski definition) is 4. The van der Waals surface area contributed by atoms with E-state index in [0.717, 1.165) is 18.3 Å². The lowest BCUT2D eigenvalue weighted by Gasteiger charge is -2.17. The molecule has 0 radical (unpaired) electrons. The Labute approximate surface area is 167 Å². The monoisotopic (exact) mass is 467 g/mol. The van der Waals surface area contributed by atoms with Gasteiger partial charge in [-0.25, -0.2) is 9.78 Å². The number of nitrogens with zero attached hydrogens (tertiary/aromatic N) is 1. The molecule has 2 rings (SSSR count). The predicted octanol–water partition coefficient (Wildman–Crippen LogP) is 5.39. The minimum absolute atomic E-state index is 0.114. The number of carbonyl (C=O) groups is 1. The molecule has 5 nitrogen and oxygen atoms in total. The van der Waals surface area contributed by atoms with Crippen LogP contribution < -0.4 is 10.6 Å². The maximum Gasteiger partial charge on any atom is 0.443 e. The first kappa shape index (κ1) is 22.5. The van der Waals surface area contributed by atoms with Gasteiger partial charge in [0.2, 0.25) is 0 Å². The zero-order chi connectivity index (χ0) is 21.3. The van der Waals surface area contributed by atoms with Crippen LogP contribution >= 0.6 is 34.5 Å². The molecule has 2 aromatic rings. The first-order valence-electron chi connectivity index (χ1n) is 7.09. The maximum absolute atomic E-state index is 12.6. The normalized spacial score (nSPS) is 13.3. The van der Waals surface area contributed by atoms with E-state index < -0.39 is 35.1 Å². The average Bonchev–Trinajstić information content (AvgIpc) is 3.04. The second-order valence-electron chi connectivity index (χ2n) is 5.24. The summed E-state index contributed by atoms with van der Waals surface area (Å²) < 4.78 is 75.1. The van der Waals surface area contributed by atoms with Crippen molar-refractivity contribution >= 4 is 46.3 Å². The molecule has 154 valence electrons. The van der Waals surface area contributed by atoms with E-state index in [9.17, 15) is 36.2 Å². The number of aliphatic hydroxyl groups excluding tert-OH is 1. The van der Waals surface area contributed by atoms with E-state index in [1.165, 1.54) is 0 Å². The fraction of sp³-hybridized carbons (Fsp3) is 0.286. The van der Waals surface area contributed by atoms with Gasteiger partial charge in [-0.05, 0) is 17.7 Å². The van der Waals surface area contributed by atoms with Crippen molar-refractivity contribution in [2.24, 2.45) is 0 Å². The molecule has 0 spiro atoms. The second kappa shape index (κ2) is 8.31. The highest BCUT2D eigenvalue weighted by Crippen LogP contribution is 2.39. The summed E-state index contributed by atoms with van der Waals surface area (Å²) >= 11 is 11.9. The Bertz CT molecular complexity index is 848. The number of hydrogen-bond donors (Lipinski definition) is 3. The minimum atomic E-state index is -4.94. The second-order valence-corrected chi connectivity index (χ2v) is 7.17. The molecule has 0 fully saturated rings. The van der Waals surface area contributed by atoms with E-state index in [-0.39, 0.29) is 27.2 Å². The Morgan fingerprint density at radius 2 is 1.75 bits per heavy atom. The molecule has 0 saturated heterocycles. The van der Waals surface area contributed by atoms with Crippen LogP contribution in [0.4, 0.5) is 36.8 Å². The Morgan fingerprint density at radius 1 is 1.18 bits per heavy atom. The number of urea groups is 1. The van der Waals surface area contributed by atoms with Crippen molar-refractivity contribution < 1.29 is 36.2 Å². The van der Waals surface area contributed by atoms with Gasteiger partial charge in [0.05, 0.1) is 22.3 Å². The van der Waals surface area contributed by atoms with E-state index in [1.54, 1.807) is 0 Å². The summed E-state index contributed by atoms with van der Waals surface area (Å²) in [5.74, 6) is 0. The van der Waals surface area contributed by atoms with E-state index in [1.807, 2.05) is 0 Å². The Balaban J connectivity index is 2.05. The van der Waals surface area contributed by atoms with Gasteiger partial charge in [-0.15, -0.1) is 11.3 Å². The van der Waals surface area contributed by atoms with Gasteiger partial charge in [0, 0.05) is 11.1 Å².